The first-order valence-corrected chi connectivity index (χ1v) is 10.6. The molecule has 1 heterocycles. The number of fused-ring (bicyclic) bond motifs is 1. The van der Waals surface area contributed by atoms with Crippen molar-refractivity contribution < 1.29 is 9.53 Å². The molecule has 2 unspecified atom stereocenters. The summed E-state index contributed by atoms with van der Waals surface area (Å²) in [6.07, 6.45) is 5.49. The highest BCUT2D eigenvalue weighted by atomic mass is 16.5. The van der Waals surface area contributed by atoms with Crippen molar-refractivity contribution in [2.75, 3.05) is 4.90 Å². The Labute approximate surface area is 169 Å². The minimum absolute atomic E-state index is 0.0683. The molecule has 3 heteroatoms. The van der Waals surface area contributed by atoms with Gasteiger partial charge in [0.2, 0.25) is 0 Å². The van der Waals surface area contributed by atoms with Gasteiger partial charge in [0.15, 0.2) is 0 Å². The minimum Gasteiger partial charge on any atom is -0.373 e. The Bertz CT molecular complexity index is 779. The van der Waals surface area contributed by atoms with E-state index in [1.165, 1.54) is 12.8 Å². The molecule has 1 aliphatic rings. The first-order chi connectivity index (χ1) is 13.4. The summed E-state index contributed by atoms with van der Waals surface area (Å²) in [4.78, 5) is 15.1. The van der Waals surface area contributed by atoms with Crippen molar-refractivity contribution in [3.63, 3.8) is 0 Å². The molecule has 0 aliphatic carbocycles. The number of rotatable bonds is 8. The van der Waals surface area contributed by atoms with Gasteiger partial charge in [-0.25, -0.2) is 0 Å². The second-order valence-corrected chi connectivity index (χ2v) is 8.69. The van der Waals surface area contributed by atoms with E-state index in [9.17, 15) is 4.79 Å². The second kappa shape index (κ2) is 8.91. The molecule has 150 valence electrons. The lowest BCUT2D eigenvalue weighted by Crippen LogP contribution is -2.31. The fourth-order valence-electron chi connectivity index (χ4n) is 4.10. The van der Waals surface area contributed by atoms with E-state index >= 15 is 0 Å². The lowest BCUT2D eigenvalue weighted by Gasteiger charge is -2.30. The summed E-state index contributed by atoms with van der Waals surface area (Å²) in [5.41, 5.74) is 2.79. The molecule has 0 N–H and O–H groups in total. The van der Waals surface area contributed by atoms with Crippen LogP contribution in [0.15, 0.2) is 54.6 Å². The molecule has 28 heavy (non-hydrogen) atoms. The molecule has 2 aromatic rings. The SMILES string of the molecule is CCCCC(CCC1c2ccccc2C(=O)N1c1ccccc1)OC(C)(C)C. The van der Waals surface area contributed by atoms with E-state index in [0.717, 1.165) is 36.1 Å². The fraction of sp³-hybridized carbons (Fsp3) is 0.480. The van der Waals surface area contributed by atoms with Crippen LogP contribution >= 0.6 is 0 Å². The molecular weight excluding hydrogens is 346 g/mol. The van der Waals surface area contributed by atoms with Crippen LogP contribution in [0.4, 0.5) is 5.69 Å². The van der Waals surface area contributed by atoms with E-state index in [2.05, 4.69) is 33.8 Å². The molecule has 0 fully saturated rings. The van der Waals surface area contributed by atoms with Crippen LogP contribution in [-0.4, -0.2) is 17.6 Å². The normalized spacial score (nSPS) is 17.6. The van der Waals surface area contributed by atoms with Gasteiger partial charge in [-0.1, -0.05) is 56.2 Å². The molecule has 3 rings (SSSR count). The first kappa shape index (κ1) is 20.6. The van der Waals surface area contributed by atoms with Gasteiger partial charge in [-0.15, -0.1) is 0 Å². The number of hydrogen-bond acceptors (Lipinski definition) is 2. The number of unbranched alkanes of at least 4 members (excludes halogenated alkanes) is 1. The van der Waals surface area contributed by atoms with E-state index in [4.69, 9.17) is 4.74 Å². The summed E-state index contributed by atoms with van der Waals surface area (Å²) < 4.78 is 6.35. The molecule has 1 amide bonds. The van der Waals surface area contributed by atoms with Crippen LogP contribution in [0.25, 0.3) is 0 Å². The van der Waals surface area contributed by atoms with E-state index in [1.54, 1.807) is 0 Å². The van der Waals surface area contributed by atoms with E-state index in [1.807, 2.05) is 53.4 Å². The van der Waals surface area contributed by atoms with Gasteiger partial charge in [0.25, 0.3) is 5.91 Å². The van der Waals surface area contributed by atoms with E-state index in [0.29, 0.717) is 0 Å². The van der Waals surface area contributed by atoms with E-state index in [-0.39, 0.29) is 23.7 Å². The monoisotopic (exact) mass is 379 g/mol. The molecule has 0 saturated heterocycles. The maximum absolute atomic E-state index is 13.1. The molecule has 0 aromatic heterocycles. The lowest BCUT2D eigenvalue weighted by atomic mass is 9.97. The third-order valence-electron chi connectivity index (χ3n) is 5.28. The highest BCUT2D eigenvalue weighted by Crippen LogP contribution is 2.40. The number of nitrogens with zero attached hydrogens (tertiary/aromatic N) is 1. The molecule has 0 spiro atoms. The maximum atomic E-state index is 13.1. The number of carbonyl (C=O) groups excluding carboxylic acids is 1. The number of anilines is 1. The quantitative estimate of drug-likeness (QED) is 0.521. The zero-order chi connectivity index (χ0) is 20.1. The Morgan fingerprint density at radius 2 is 1.68 bits per heavy atom. The molecular formula is C25H33NO2. The summed E-state index contributed by atoms with van der Waals surface area (Å²) in [6, 6.07) is 18.1. The van der Waals surface area contributed by atoms with Gasteiger partial charge in [-0.2, -0.15) is 0 Å². The van der Waals surface area contributed by atoms with Crippen LogP contribution in [0.2, 0.25) is 0 Å². The minimum atomic E-state index is -0.152. The first-order valence-electron chi connectivity index (χ1n) is 10.6. The molecule has 1 aliphatic heterocycles. The van der Waals surface area contributed by atoms with Crippen LogP contribution in [0.1, 0.15) is 81.8 Å². The van der Waals surface area contributed by atoms with Crippen molar-refractivity contribution in [1.29, 1.82) is 0 Å². The van der Waals surface area contributed by atoms with Gasteiger partial charge in [-0.05, 0) is 63.8 Å². The average molecular weight is 380 g/mol. The molecule has 0 bridgehead atoms. The van der Waals surface area contributed by atoms with Crippen molar-refractivity contribution in [2.45, 2.75) is 77.5 Å². The molecule has 3 nitrogen and oxygen atoms in total. The number of para-hydroxylation sites is 1. The van der Waals surface area contributed by atoms with Gasteiger partial charge in [0.05, 0.1) is 17.7 Å². The van der Waals surface area contributed by atoms with Crippen LogP contribution in [0.3, 0.4) is 0 Å². The Morgan fingerprint density at radius 1 is 1.00 bits per heavy atom. The van der Waals surface area contributed by atoms with Gasteiger partial charge < -0.3 is 9.64 Å². The smallest absolute Gasteiger partial charge is 0.259 e. The van der Waals surface area contributed by atoms with Crippen LogP contribution in [-0.2, 0) is 4.74 Å². The summed E-state index contributed by atoms with van der Waals surface area (Å²) in [7, 11) is 0. The van der Waals surface area contributed by atoms with Gasteiger partial charge in [0, 0.05) is 11.3 Å². The Balaban J connectivity index is 1.83. The van der Waals surface area contributed by atoms with Gasteiger partial charge in [-0.3, -0.25) is 4.79 Å². The third-order valence-corrected chi connectivity index (χ3v) is 5.28. The molecule has 2 atom stereocenters. The van der Waals surface area contributed by atoms with Crippen molar-refractivity contribution >= 4 is 11.6 Å². The number of ether oxygens (including phenoxy) is 1. The average Bonchev–Trinajstić information content (AvgIpc) is 2.96. The summed E-state index contributed by atoms with van der Waals surface area (Å²) in [5.74, 6) is 0.105. The Morgan fingerprint density at radius 3 is 2.36 bits per heavy atom. The summed E-state index contributed by atoms with van der Waals surface area (Å²) >= 11 is 0. The van der Waals surface area contributed by atoms with Gasteiger partial charge >= 0.3 is 0 Å². The topological polar surface area (TPSA) is 29.5 Å². The van der Waals surface area contributed by atoms with Crippen molar-refractivity contribution in [3.8, 4) is 0 Å². The predicted octanol–water partition coefficient (Wildman–Crippen LogP) is 6.54. The second-order valence-electron chi connectivity index (χ2n) is 8.69. The van der Waals surface area contributed by atoms with Gasteiger partial charge in [0.1, 0.15) is 0 Å². The third kappa shape index (κ3) is 4.82. The Hall–Kier alpha value is -2.13. The van der Waals surface area contributed by atoms with Crippen molar-refractivity contribution in [1.82, 2.24) is 0 Å². The highest BCUT2D eigenvalue weighted by Gasteiger charge is 2.37. The molecule has 0 radical (unpaired) electrons. The number of hydrogen-bond donors (Lipinski definition) is 0. The molecule has 0 saturated carbocycles. The largest absolute Gasteiger partial charge is 0.373 e. The van der Waals surface area contributed by atoms with Crippen molar-refractivity contribution in [3.05, 3.63) is 65.7 Å². The highest BCUT2D eigenvalue weighted by molar-refractivity contribution is 6.11. The van der Waals surface area contributed by atoms with E-state index < -0.39 is 0 Å². The summed E-state index contributed by atoms with van der Waals surface area (Å²) in [5, 5.41) is 0. The van der Waals surface area contributed by atoms with Crippen molar-refractivity contribution in [2.24, 2.45) is 0 Å². The van der Waals surface area contributed by atoms with Crippen LogP contribution in [0, 0.1) is 0 Å². The number of amides is 1. The van der Waals surface area contributed by atoms with Crippen LogP contribution in [0.5, 0.6) is 0 Å². The lowest BCUT2D eigenvalue weighted by molar-refractivity contribution is -0.0679. The zero-order valence-corrected chi connectivity index (χ0v) is 17.7. The standard InChI is InChI=1S/C25H33NO2/c1-5-6-14-20(28-25(2,3)4)17-18-23-21-15-10-11-16-22(21)24(27)26(23)19-12-8-7-9-13-19/h7-13,15-16,20,23H,5-6,14,17-18H2,1-4H3. The number of carbonyl (C=O) groups is 1. The van der Waals surface area contributed by atoms with Crippen LogP contribution < -0.4 is 4.90 Å². The zero-order valence-electron chi connectivity index (χ0n) is 17.7. The number of benzene rings is 2. The fourth-order valence-corrected chi connectivity index (χ4v) is 4.10. The summed E-state index contributed by atoms with van der Waals surface area (Å²) in [6.45, 7) is 8.58. The predicted molar refractivity (Wildman–Crippen MR) is 116 cm³/mol. The maximum Gasteiger partial charge on any atom is 0.259 e. The Kier molecular flexibility index (Phi) is 6.56. The molecule has 2 aromatic carbocycles.